The number of ether oxygens (including phenoxy) is 1. The molecule has 158 valence electrons. The van der Waals surface area contributed by atoms with Crippen molar-refractivity contribution >= 4 is 39.7 Å². The summed E-state index contributed by atoms with van der Waals surface area (Å²) in [4.78, 5) is -0.0841. The van der Waals surface area contributed by atoms with Gasteiger partial charge in [-0.25, -0.2) is 0 Å². The zero-order valence-corrected chi connectivity index (χ0v) is 16.3. The van der Waals surface area contributed by atoms with Gasteiger partial charge in [-0.15, -0.1) is 13.2 Å². The molecule has 0 atom stereocenters. The van der Waals surface area contributed by atoms with Gasteiger partial charge in [0.15, 0.2) is 0 Å². The predicted octanol–water partition coefficient (Wildman–Crippen LogP) is 5.26. The third-order valence-electron chi connectivity index (χ3n) is 4.35. The van der Waals surface area contributed by atoms with E-state index >= 15 is 0 Å². The molecule has 0 radical (unpaired) electrons. The molecule has 28 heavy (non-hydrogen) atoms. The molecule has 0 saturated carbocycles. The van der Waals surface area contributed by atoms with Gasteiger partial charge in [-0.1, -0.05) is 63.5 Å². The molecule has 1 N–H and O–H groups in total. The van der Waals surface area contributed by atoms with Crippen molar-refractivity contribution in [2.24, 2.45) is 0 Å². The number of hydrogen-bond acceptors (Lipinski definition) is 3. The summed E-state index contributed by atoms with van der Waals surface area (Å²) in [6.45, 7) is -0.248. The van der Waals surface area contributed by atoms with Crippen molar-refractivity contribution in [1.29, 1.82) is 0 Å². The number of alkyl halides is 3. The fourth-order valence-electron chi connectivity index (χ4n) is 2.86. The Bertz CT molecular complexity index is 619. The summed E-state index contributed by atoms with van der Waals surface area (Å²) in [7, 11) is -4.12. The van der Waals surface area contributed by atoms with E-state index in [2.05, 4.69) is 4.74 Å². The number of benzene rings is 1. The van der Waals surface area contributed by atoms with Crippen molar-refractivity contribution in [1.82, 2.24) is 0 Å². The van der Waals surface area contributed by atoms with Crippen LogP contribution >= 0.6 is 0 Å². The van der Waals surface area contributed by atoms with E-state index in [9.17, 15) is 21.6 Å². The summed E-state index contributed by atoms with van der Waals surface area (Å²) in [5, 5.41) is 0. The summed E-state index contributed by atoms with van der Waals surface area (Å²) in [5.41, 5.74) is 1.05. The standard InChI is InChI=1S/C19H29F3O4S.Na.H/c20-19(21,22)26-16-10-8-6-4-2-1-3-5-7-9-11-17-12-14-18(15-13-17)27(23,24)25;;/h12-15H,1-11,16H2,(H,23,24,25);;. The maximum atomic E-state index is 11.8. The number of rotatable bonds is 14. The third-order valence-corrected chi connectivity index (χ3v) is 5.21. The summed E-state index contributed by atoms with van der Waals surface area (Å²) >= 11 is 0. The van der Waals surface area contributed by atoms with Crippen LogP contribution in [0.15, 0.2) is 29.2 Å². The maximum absolute atomic E-state index is 11.8. The number of hydrogen-bond donors (Lipinski definition) is 1. The van der Waals surface area contributed by atoms with E-state index in [-0.39, 0.29) is 41.1 Å². The molecule has 0 aliphatic rings. The Kier molecular flexibility index (Phi) is 14.7. The van der Waals surface area contributed by atoms with E-state index in [1.165, 1.54) is 12.1 Å². The summed E-state index contributed by atoms with van der Waals surface area (Å²) in [6, 6.07) is 6.28. The second-order valence-corrected chi connectivity index (χ2v) is 8.12. The van der Waals surface area contributed by atoms with Crippen LogP contribution in [0.1, 0.15) is 69.8 Å². The van der Waals surface area contributed by atoms with Gasteiger partial charge in [-0.05, 0) is 37.0 Å². The summed E-state index contributed by atoms with van der Waals surface area (Å²) < 4.78 is 69.9. The van der Waals surface area contributed by atoms with Crippen LogP contribution in [0.25, 0.3) is 0 Å². The van der Waals surface area contributed by atoms with Crippen LogP contribution < -0.4 is 0 Å². The van der Waals surface area contributed by atoms with Crippen molar-refractivity contribution < 1.29 is 30.9 Å². The van der Waals surface area contributed by atoms with Crippen molar-refractivity contribution in [3.8, 4) is 0 Å². The molecule has 1 aromatic carbocycles. The molecule has 0 amide bonds. The van der Waals surface area contributed by atoms with Gasteiger partial charge in [-0.3, -0.25) is 9.29 Å². The second-order valence-electron chi connectivity index (χ2n) is 6.70. The Hall–Kier alpha value is -0.120. The fourth-order valence-corrected chi connectivity index (χ4v) is 3.34. The molecule has 0 aromatic heterocycles. The normalized spacial score (nSPS) is 12.0. The van der Waals surface area contributed by atoms with Gasteiger partial charge in [-0.2, -0.15) is 8.42 Å². The van der Waals surface area contributed by atoms with E-state index < -0.39 is 16.5 Å². The van der Waals surface area contributed by atoms with Gasteiger partial charge >= 0.3 is 35.9 Å². The van der Waals surface area contributed by atoms with E-state index in [0.29, 0.717) is 6.42 Å². The van der Waals surface area contributed by atoms with E-state index in [1.807, 2.05) is 0 Å². The van der Waals surface area contributed by atoms with Crippen LogP contribution in [-0.2, 0) is 21.3 Å². The zero-order chi connectivity index (χ0) is 20.2. The number of halogens is 3. The van der Waals surface area contributed by atoms with Gasteiger partial charge in [0.25, 0.3) is 10.1 Å². The first-order valence-electron chi connectivity index (χ1n) is 9.45. The minimum atomic E-state index is -4.51. The number of unbranched alkanes of at least 4 members (excludes halogenated alkanes) is 9. The Morgan fingerprint density at radius 3 is 1.64 bits per heavy atom. The first kappa shape index (κ1) is 27.9. The van der Waals surface area contributed by atoms with E-state index in [4.69, 9.17) is 4.55 Å². The van der Waals surface area contributed by atoms with Crippen molar-refractivity contribution in [2.45, 2.75) is 81.9 Å². The van der Waals surface area contributed by atoms with Crippen molar-refractivity contribution in [3.63, 3.8) is 0 Å². The fraction of sp³-hybridized carbons (Fsp3) is 0.684. The topological polar surface area (TPSA) is 63.6 Å². The first-order chi connectivity index (χ1) is 12.7. The van der Waals surface area contributed by atoms with Gasteiger partial charge in [0.05, 0.1) is 11.5 Å². The molecule has 0 aliphatic heterocycles. The van der Waals surface area contributed by atoms with Crippen LogP contribution in [0.3, 0.4) is 0 Å². The Balaban J connectivity index is 0.00000729. The van der Waals surface area contributed by atoms with Crippen LogP contribution in [-0.4, -0.2) is 55.5 Å². The summed E-state index contributed by atoms with van der Waals surface area (Å²) in [6.07, 6.45) is 6.26. The van der Waals surface area contributed by atoms with Crippen LogP contribution in [0.5, 0.6) is 0 Å². The molecule has 0 spiro atoms. The number of aryl methyl sites for hydroxylation is 1. The SMILES string of the molecule is O=S(=O)(O)c1ccc(CCCCCCCCCCCCOC(F)(F)F)cc1.[NaH]. The molecule has 1 aromatic rings. The molecule has 0 unspecified atom stereocenters. The van der Waals surface area contributed by atoms with Gasteiger partial charge < -0.3 is 0 Å². The molecular formula is C19H30F3NaO4S. The summed E-state index contributed by atoms with van der Waals surface area (Å²) in [5.74, 6) is 0. The Labute approximate surface area is 188 Å². The zero-order valence-electron chi connectivity index (χ0n) is 15.5. The quantitative estimate of drug-likeness (QED) is 0.246. The van der Waals surface area contributed by atoms with Gasteiger partial charge in [0.2, 0.25) is 0 Å². The Morgan fingerprint density at radius 2 is 1.21 bits per heavy atom. The molecule has 0 fully saturated rings. The van der Waals surface area contributed by atoms with Crippen LogP contribution in [0.4, 0.5) is 13.2 Å². The average molecular weight is 434 g/mol. The third kappa shape index (κ3) is 14.8. The molecule has 9 heteroatoms. The van der Waals surface area contributed by atoms with E-state index in [1.54, 1.807) is 12.1 Å². The molecule has 4 nitrogen and oxygen atoms in total. The van der Waals surface area contributed by atoms with E-state index in [0.717, 1.165) is 69.8 Å². The monoisotopic (exact) mass is 434 g/mol. The molecule has 0 saturated heterocycles. The average Bonchev–Trinajstić information content (AvgIpc) is 2.57. The van der Waals surface area contributed by atoms with Crippen LogP contribution in [0.2, 0.25) is 0 Å². The van der Waals surface area contributed by atoms with Crippen molar-refractivity contribution in [2.75, 3.05) is 6.61 Å². The van der Waals surface area contributed by atoms with Crippen LogP contribution in [0, 0.1) is 0 Å². The first-order valence-corrected chi connectivity index (χ1v) is 10.9. The second kappa shape index (κ2) is 14.8. The Morgan fingerprint density at radius 1 is 0.786 bits per heavy atom. The van der Waals surface area contributed by atoms with Crippen molar-refractivity contribution in [3.05, 3.63) is 29.8 Å². The molecule has 0 aliphatic carbocycles. The molecular weight excluding hydrogens is 404 g/mol. The molecule has 0 heterocycles. The predicted molar refractivity (Wildman–Crippen MR) is 105 cm³/mol. The molecule has 0 bridgehead atoms. The minimum absolute atomic E-state index is 0. The van der Waals surface area contributed by atoms with Gasteiger partial charge in [0.1, 0.15) is 0 Å². The van der Waals surface area contributed by atoms with Gasteiger partial charge in [0, 0.05) is 0 Å². The molecule has 1 rings (SSSR count).